The van der Waals surface area contributed by atoms with Gasteiger partial charge in [0.1, 0.15) is 0 Å². The predicted molar refractivity (Wildman–Crippen MR) is 323 cm³/mol. The first-order valence-corrected chi connectivity index (χ1v) is 26.8. The zero-order valence-corrected chi connectivity index (χ0v) is 42.0. The van der Waals surface area contributed by atoms with E-state index in [0.29, 0.717) is 0 Å². The maximum Gasteiger partial charge on any atom is 0.0725 e. The van der Waals surface area contributed by atoms with Gasteiger partial charge in [0.05, 0.1) is 27.5 Å². The molecule has 0 saturated heterocycles. The molecule has 2 aliphatic rings. The van der Waals surface area contributed by atoms with Gasteiger partial charge in [0.2, 0.25) is 0 Å². The van der Waals surface area contributed by atoms with E-state index in [1.807, 2.05) is 0 Å². The Morgan fingerprint density at radius 2 is 0.558 bits per heavy atom. The van der Waals surface area contributed by atoms with Crippen LogP contribution in [-0.2, 0) is 5.41 Å². The first kappa shape index (κ1) is 42.3. The summed E-state index contributed by atoms with van der Waals surface area (Å²) in [5, 5.41) is 9.89. The summed E-state index contributed by atoms with van der Waals surface area (Å²) < 4.78 is 4.87. The monoisotopic (exact) mass is 974 g/mol. The number of aromatic nitrogens is 2. The lowest BCUT2D eigenvalue weighted by Crippen LogP contribution is -2.25. The molecule has 13 aromatic carbocycles. The fraction of sp³-hybridized carbons (Fsp3) is 0.0133. The molecule has 15 aromatic rings. The molecule has 0 fully saturated rings. The molecule has 356 valence electrons. The molecule has 17 rings (SSSR count). The number of para-hydroxylation sites is 4. The lowest BCUT2D eigenvalue weighted by atomic mass is 9.70. The van der Waals surface area contributed by atoms with Crippen molar-refractivity contribution in [3.05, 3.63) is 301 Å². The fourth-order valence-electron chi connectivity index (χ4n) is 14.5. The van der Waals surface area contributed by atoms with Crippen molar-refractivity contribution < 1.29 is 0 Å². The van der Waals surface area contributed by atoms with Crippen LogP contribution in [0.3, 0.4) is 0 Å². The maximum absolute atomic E-state index is 2.53. The van der Waals surface area contributed by atoms with Crippen molar-refractivity contribution in [3.63, 3.8) is 0 Å². The predicted octanol–water partition coefficient (Wildman–Crippen LogP) is 19.5. The van der Waals surface area contributed by atoms with Crippen molar-refractivity contribution >= 4 is 65.2 Å². The van der Waals surface area contributed by atoms with Crippen LogP contribution in [0.15, 0.2) is 279 Å². The molecular weight excluding hydrogens is 929 g/mol. The van der Waals surface area contributed by atoms with Gasteiger partial charge in [0, 0.05) is 32.9 Å². The van der Waals surface area contributed by atoms with E-state index in [2.05, 4.69) is 288 Å². The van der Waals surface area contributed by atoms with Crippen LogP contribution in [0.4, 0.5) is 0 Å². The van der Waals surface area contributed by atoms with E-state index in [-0.39, 0.29) is 0 Å². The van der Waals surface area contributed by atoms with E-state index < -0.39 is 5.41 Å². The molecule has 2 heterocycles. The smallest absolute Gasteiger partial charge is 0.0725 e. The summed E-state index contributed by atoms with van der Waals surface area (Å²) in [6.45, 7) is 0. The van der Waals surface area contributed by atoms with Crippen molar-refractivity contribution in [2.75, 3.05) is 0 Å². The number of rotatable bonds is 5. The van der Waals surface area contributed by atoms with Crippen LogP contribution in [0, 0.1) is 0 Å². The average molecular weight is 975 g/mol. The summed E-state index contributed by atoms with van der Waals surface area (Å²) in [6, 6.07) is 105. The Morgan fingerprint density at radius 1 is 0.208 bits per heavy atom. The number of fused-ring (bicyclic) bond motifs is 18. The van der Waals surface area contributed by atoms with E-state index in [1.54, 1.807) is 0 Å². The molecule has 0 saturated carbocycles. The minimum absolute atomic E-state index is 0.475. The normalized spacial score (nSPS) is 13.0. The van der Waals surface area contributed by atoms with Crippen LogP contribution >= 0.6 is 0 Å². The molecule has 2 aromatic heterocycles. The summed E-state index contributed by atoms with van der Waals surface area (Å²) in [7, 11) is 0. The first-order valence-electron chi connectivity index (χ1n) is 26.8. The van der Waals surface area contributed by atoms with Gasteiger partial charge in [-0.3, -0.25) is 0 Å². The van der Waals surface area contributed by atoms with Gasteiger partial charge in [-0.25, -0.2) is 0 Å². The van der Waals surface area contributed by atoms with Gasteiger partial charge in [0.25, 0.3) is 0 Å². The van der Waals surface area contributed by atoms with Crippen LogP contribution in [0.2, 0.25) is 0 Å². The lowest BCUT2D eigenvalue weighted by molar-refractivity contribution is 0.794. The molecule has 0 amide bonds. The topological polar surface area (TPSA) is 9.86 Å². The Balaban J connectivity index is 1.02. The van der Waals surface area contributed by atoms with Gasteiger partial charge in [-0.1, -0.05) is 224 Å². The minimum atomic E-state index is -0.475. The molecule has 77 heavy (non-hydrogen) atoms. The van der Waals surface area contributed by atoms with Gasteiger partial charge in [0.15, 0.2) is 0 Å². The fourth-order valence-corrected chi connectivity index (χ4v) is 14.5. The molecular formula is C75H46N2. The third-order valence-corrected chi connectivity index (χ3v) is 17.3. The van der Waals surface area contributed by atoms with E-state index in [0.717, 1.165) is 11.4 Å². The second kappa shape index (κ2) is 16.0. The highest BCUT2D eigenvalue weighted by atomic mass is 15.0. The molecule has 0 N–H and O–H groups in total. The SMILES string of the molecule is c1ccc(-n2c3ccccc3c3c(-c4cccc5c(-c6cccc7c6-c6ccccc6C76c7ccccc7-c7ccccc76)c6cccc(-c7cccc8c7c7ccccc7n8-c7ccccc7)c6cc45)cccc32)cc1. The Morgan fingerprint density at radius 3 is 1.09 bits per heavy atom. The summed E-state index contributed by atoms with van der Waals surface area (Å²) >= 11 is 0. The average Bonchev–Trinajstić information content (AvgIpc) is 4.39. The highest BCUT2D eigenvalue weighted by Crippen LogP contribution is 2.64. The summed E-state index contributed by atoms with van der Waals surface area (Å²) in [5.41, 5.74) is 24.6. The quantitative estimate of drug-likeness (QED) is 0.152. The Kier molecular flexibility index (Phi) is 8.80. The Labute approximate surface area is 445 Å². The number of hydrogen-bond acceptors (Lipinski definition) is 0. The lowest BCUT2D eigenvalue weighted by Gasteiger charge is -2.30. The van der Waals surface area contributed by atoms with Crippen molar-refractivity contribution in [2.24, 2.45) is 0 Å². The van der Waals surface area contributed by atoms with E-state index in [1.165, 1.54) is 143 Å². The molecule has 0 bridgehead atoms. The third-order valence-electron chi connectivity index (χ3n) is 17.3. The van der Waals surface area contributed by atoms with Gasteiger partial charge < -0.3 is 9.13 Å². The largest absolute Gasteiger partial charge is 0.309 e. The molecule has 0 unspecified atom stereocenters. The van der Waals surface area contributed by atoms with Crippen molar-refractivity contribution in [1.29, 1.82) is 0 Å². The minimum Gasteiger partial charge on any atom is -0.309 e. The Bertz CT molecular complexity index is 4710. The van der Waals surface area contributed by atoms with Crippen molar-refractivity contribution in [3.8, 4) is 67.0 Å². The van der Waals surface area contributed by atoms with Gasteiger partial charge in [-0.2, -0.15) is 0 Å². The van der Waals surface area contributed by atoms with Crippen LogP contribution in [-0.4, -0.2) is 9.13 Å². The molecule has 2 heteroatoms. The molecule has 0 atom stereocenters. The summed E-state index contributed by atoms with van der Waals surface area (Å²) in [6.07, 6.45) is 0. The van der Waals surface area contributed by atoms with E-state index >= 15 is 0 Å². The zero-order chi connectivity index (χ0) is 50.3. The zero-order valence-electron chi connectivity index (χ0n) is 42.0. The van der Waals surface area contributed by atoms with E-state index in [4.69, 9.17) is 0 Å². The highest BCUT2D eigenvalue weighted by Gasteiger charge is 2.52. The van der Waals surface area contributed by atoms with Gasteiger partial charge >= 0.3 is 0 Å². The van der Waals surface area contributed by atoms with Crippen molar-refractivity contribution in [1.82, 2.24) is 9.13 Å². The first-order chi connectivity index (χ1) is 38.3. The van der Waals surface area contributed by atoms with Crippen LogP contribution in [0.25, 0.3) is 132 Å². The number of nitrogens with zero attached hydrogens (tertiary/aromatic N) is 2. The second-order valence-electron chi connectivity index (χ2n) is 20.9. The highest BCUT2D eigenvalue weighted by molar-refractivity contribution is 6.26. The van der Waals surface area contributed by atoms with Gasteiger partial charge in [-0.15, -0.1) is 0 Å². The third kappa shape index (κ3) is 5.63. The number of hydrogen-bond donors (Lipinski definition) is 0. The van der Waals surface area contributed by atoms with E-state index in [9.17, 15) is 0 Å². The molecule has 2 nitrogen and oxygen atoms in total. The number of benzene rings is 13. The summed E-state index contributed by atoms with van der Waals surface area (Å²) in [5.74, 6) is 0. The van der Waals surface area contributed by atoms with Crippen LogP contribution in [0.1, 0.15) is 22.3 Å². The van der Waals surface area contributed by atoms with Crippen LogP contribution < -0.4 is 0 Å². The van der Waals surface area contributed by atoms with Crippen LogP contribution in [0.5, 0.6) is 0 Å². The summed E-state index contributed by atoms with van der Waals surface area (Å²) in [4.78, 5) is 0. The second-order valence-corrected chi connectivity index (χ2v) is 20.9. The molecule has 2 aliphatic carbocycles. The maximum atomic E-state index is 2.53. The standard InChI is InChI=1S/C75H46N2/c1-3-22-47(23-4-1)76-67-42-15-10-29-58(67)73-53(35-20-44-69(73)76)49-31-17-33-55-61(49)46-62-50(54-36-21-45-70-74(54)59-30-11-16-43-68(59)77(70)48-24-5-2-6-25-48)32-18-34-56(62)71(55)60-37-19-41-66-72(60)57-28-9-14-40-65(57)75(66)63-38-12-7-26-51(63)52-27-8-13-39-64(52)75/h1-46H. The Hall–Kier alpha value is -10.0. The molecule has 1 spiro atoms. The van der Waals surface area contributed by atoms with Gasteiger partial charge in [-0.05, 0) is 154 Å². The molecule has 0 radical (unpaired) electrons. The van der Waals surface area contributed by atoms with Crippen molar-refractivity contribution in [2.45, 2.75) is 5.41 Å². The molecule has 0 aliphatic heterocycles.